The molecule has 0 aromatic heterocycles. The average Bonchev–Trinajstić information content (AvgIpc) is 3.66. The van der Waals surface area contributed by atoms with E-state index in [0.717, 1.165) is 6.42 Å². The molecule has 1 atom stereocenters. The summed E-state index contributed by atoms with van der Waals surface area (Å²) in [6, 6.07) is 65.8. The van der Waals surface area contributed by atoms with Gasteiger partial charge in [-0.25, -0.2) is 0 Å². The Hall–Kier alpha value is -7.42. The third-order valence-corrected chi connectivity index (χ3v) is 13.6. The van der Waals surface area contributed by atoms with E-state index in [1.165, 1.54) is 117 Å². The standard InChI is InChI=1S/C58H38BN/c1-3-13-37(14-4-1)46-19-7-9-21-48(46)41-29-31-50-51-23-12-24-55-58(51)59(52(50)35-41)53-36-42(49-22-10-8-20-47(49)38-15-5-2-6-16-38)30-32-54(53)60(55)45-33-43-27-25-39-17-11-18-40-26-28-44(34-45)57(43)56(39)40/h1-27,29-36,56H,28H2. The molecule has 0 saturated carbocycles. The van der Waals surface area contributed by atoms with Crippen molar-refractivity contribution in [3.05, 3.63) is 234 Å². The summed E-state index contributed by atoms with van der Waals surface area (Å²) in [7, 11) is 0. The van der Waals surface area contributed by atoms with E-state index in [1.54, 1.807) is 0 Å². The van der Waals surface area contributed by atoms with Crippen molar-refractivity contribution in [2.45, 2.75) is 12.3 Å². The first-order chi connectivity index (χ1) is 29.8. The van der Waals surface area contributed by atoms with Crippen molar-refractivity contribution in [1.29, 1.82) is 0 Å². The number of anilines is 3. The summed E-state index contributed by atoms with van der Waals surface area (Å²) in [5.41, 5.74) is 27.5. The van der Waals surface area contributed by atoms with Crippen molar-refractivity contribution in [2.75, 3.05) is 4.90 Å². The van der Waals surface area contributed by atoms with E-state index in [-0.39, 0.29) is 6.71 Å². The molecule has 2 heterocycles. The zero-order chi connectivity index (χ0) is 39.3. The van der Waals surface area contributed by atoms with Gasteiger partial charge in [-0.2, -0.15) is 0 Å². The lowest BCUT2D eigenvalue weighted by atomic mass is 9.37. The first kappa shape index (κ1) is 33.5. The van der Waals surface area contributed by atoms with Crippen LogP contribution in [0.3, 0.4) is 0 Å². The highest BCUT2D eigenvalue weighted by atomic mass is 15.2. The Bertz CT molecular complexity index is 3240. The molecule has 8 aromatic rings. The zero-order valence-corrected chi connectivity index (χ0v) is 33.0. The van der Waals surface area contributed by atoms with Crippen LogP contribution in [0.5, 0.6) is 0 Å². The summed E-state index contributed by atoms with van der Waals surface area (Å²) in [4.78, 5) is 2.57. The molecule has 2 aliphatic heterocycles. The Balaban J connectivity index is 1.03. The van der Waals surface area contributed by atoms with Gasteiger partial charge in [0, 0.05) is 23.0 Å². The van der Waals surface area contributed by atoms with Crippen LogP contribution in [-0.4, -0.2) is 6.71 Å². The molecule has 60 heavy (non-hydrogen) atoms. The third-order valence-electron chi connectivity index (χ3n) is 13.6. The van der Waals surface area contributed by atoms with Gasteiger partial charge in [0.05, 0.1) is 0 Å². The zero-order valence-electron chi connectivity index (χ0n) is 33.0. The smallest absolute Gasteiger partial charge is 0.248 e. The Morgan fingerprint density at radius 3 is 1.80 bits per heavy atom. The summed E-state index contributed by atoms with van der Waals surface area (Å²) in [6.07, 6.45) is 14.9. The van der Waals surface area contributed by atoms with Crippen molar-refractivity contribution in [3.63, 3.8) is 0 Å². The van der Waals surface area contributed by atoms with Gasteiger partial charge in [-0.15, -0.1) is 0 Å². The summed E-state index contributed by atoms with van der Waals surface area (Å²) >= 11 is 0. The Labute approximate surface area is 351 Å². The summed E-state index contributed by atoms with van der Waals surface area (Å²) < 4.78 is 0. The van der Waals surface area contributed by atoms with E-state index in [1.807, 2.05) is 0 Å². The molecule has 0 saturated heterocycles. The van der Waals surface area contributed by atoms with Crippen LogP contribution in [0.4, 0.5) is 17.1 Å². The van der Waals surface area contributed by atoms with Gasteiger partial charge in [0.25, 0.3) is 0 Å². The number of hydrogen-bond acceptors (Lipinski definition) is 1. The molecular formula is C58H38BN. The Morgan fingerprint density at radius 2 is 1.08 bits per heavy atom. The molecule has 0 N–H and O–H groups in total. The normalized spacial score (nSPS) is 15.8. The summed E-state index contributed by atoms with van der Waals surface area (Å²) in [5, 5.41) is 0. The molecule has 5 aliphatic rings. The van der Waals surface area contributed by atoms with Crippen LogP contribution in [0.2, 0.25) is 0 Å². The first-order valence-electron chi connectivity index (χ1n) is 21.2. The van der Waals surface area contributed by atoms with Crippen molar-refractivity contribution in [3.8, 4) is 55.6 Å². The van der Waals surface area contributed by atoms with E-state index >= 15 is 0 Å². The highest BCUT2D eigenvalue weighted by Crippen LogP contribution is 2.49. The van der Waals surface area contributed by atoms with Crippen molar-refractivity contribution < 1.29 is 0 Å². The minimum absolute atomic E-state index is 0.0771. The molecule has 8 aromatic carbocycles. The molecule has 1 nitrogen and oxygen atoms in total. The number of hydrogen-bond donors (Lipinski definition) is 0. The van der Waals surface area contributed by atoms with Gasteiger partial charge in [-0.3, -0.25) is 0 Å². The lowest BCUT2D eigenvalue weighted by Gasteiger charge is -2.38. The van der Waals surface area contributed by atoms with Crippen molar-refractivity contribution >= 4 is 46.2 Å². The number of benzene rings is 8. The van der Waals surface area contributed by atoms with Gasteiger partial charge in [0.15, 0.2) is 0 Å². The van der Waals surface area contributed by atoms with Crippen LogP contribution in [0, 0.1) is 0 Å². The summed E-state index contributed by atoms with van der Waals surface area (Å²) in [6.45, 7) is 0.0771. The fourth-order valence-electron chi connectivity index (χ4n) is 11.0. The van der Waals surface area contributed by atoms with Gasteiger partial charge in [0.2, 0.25) is 6.71 Å². The molecule has 1 unspecified atom stereocenters. The molecule has 0 bridgehead atoms. The molecule has 0 spiro atoms. The number of nitrogens with zero attached hydrogens (tertiary/aromatic N) is 1. The quantitative estimate of drug-likeness (QED) is 0.158. The maximum atomic E-state index is 2.57. The predicted molar refractivity (Wildman–Crippen MR) is 254 cm³/mol. The van der Waals surface area contributed by atoms with E-state index in [2.05, 4.69) is 217 Å². The maximum Gasteiger partial charge on any atom is 0.248 e. The molecule has 0 fully saturated rings. The molecule has 3 aliphatic carbocycles. The van der Waals surface area contributed by atoms with Gasteiger partial charge >= 0.3 is 0 Å². The first-order valence-corrected chi connectivity index (χ1v) is 21.2. The maximum absolute atomic E-state index is 2.57. The van der Waals surface area contributed by atoms with E-state index in [9.17, 15) is 0 Å². The number of fused-ring (bicyclic) bond motifs is 5. The minimum atomic E-state index is 0.0771. The monoisotopic (exact) mass is 759 g/mol. The highest BCUT2D eigenvalue weighted by molar-refractivity contribution is 7.01. The fraction of sp³-hybridized carbons (Fsp3) is 0.0345. The molecule has 0 amide bonds. The van der Waals surface area contributed by atoms with E-state index in [4.69, 9.17) is 0 Å². The molecule has 13 rings (SSSR count). The van der Waals surface area contributed by atoms with Crippen LogP contribution in [0.1, 0.15) is 22.6 Å². The number of allylic oxidation sites excluding steroid dienone is 7. The highest BCUT2D eigenvalue weighted by Gasteiger charge is 2.43. The van der Waals surface area contributed by atoms with Crippen LogP contribution in [0.25, 0.3) is 61.7 Å². The predicted octanol–water partition coefficient (Wildman–Crippen LogP) is 12.7. The average molecular weight is 760 g/mol. The lowest BCUT2D eigenvalue weighted by Crippen LogP contribution is -2.54. The van der Waals surface area contributed by atoms with Crippen LogP contribution >= 0.6 is 0 Å². The second-order valence-electron chi connectivity index (χ2n) is 16.7. The van der Waals surface area contributed by atoms with Crippen LogP contribution in [-0.2, 0) is 6.42 Å². The fourth-order valence-corrected chi connectivity index (χ4v) is 11.0. The van der Waals surface area contributed by atoms with Crippen molar-refractivity contribution in [2.24, 2.45) is 0 Å². The van der Waals surface area contributed by atoms with Gasteiger partial charge in [-0.05, 0) is 125 Å². The minimum Gasteiger partial charge on any atom is -0.311 e. The Kier molecular flexibility index (Phi) is 7.29. The second kappa shape index (κ2) is 13.0. The summed E-state index contributed by atoms with van der Waals surface area (Å²) in [5.74, 6) is 0.328. The number of rotatable bonds is 5. The van der Waals surface area contributed by atoms with E-state index < -0.39 is 0 Å². The topological polar surface area (TPSA) is 3.24 Å². The van der Waals surface area contributed by atoms with Gasteiger partial charge in [0.1, 0.15) is 0 Å². The van der Waals surface area contributed by atoms with Crippen LogP contribution in [0.15, 0.2) is 217 Å². The van der Waals surface area contributed by atoms with Crippen LogP contribution < -0.4 is 21.3 Å². The molecule has 0 radical (unpaired) electrons. The third kappa shape index (κ3) is 4.95. The molecular weight excluding hydrogens is 721 g/mol. The van der Waals surface area contributed by atoms with Gasteiger partial charge in [-0.1, -0.05) is 194 Å². The Morgan fingerprint density at radius 1 is 0.450 bits per heavy atom. The lowest BCUT2D eigenvalue weighted by molar-refractivity contribution is 0.892. The van der Waals surface area contributed by atoms with Crippen molar-refractivity contribution in [1.82, 2.24) is 0 Å². The SMILES string of the molecule is C1=CC2=CCc3cc(N4c5ccc(-c6ccccc6-c6ccccc6)cc5B5c6cc(-c7ccccc7-c7ccccc7)ccc6-c6cccc4c65)cc4c3C2C(=C1)C=C4. The van der Waals surface area contributed by atoms with E-state index in [0.29, 0.717) is 5.92 Å². The molecule has 2 heteroatoms. The largest absolute Gasteiger partial charge is 0.311 e. The molecule has 278 valence electrons. The van der Waals surface area contributed by atoms with Gasteiger partial charge < -0.3 is 4.90 Å². The second-order valence-corrected chi connectivity index (χ2v) is 16.7.